The average molecular weight is 662 g/mol. The number of hydrogen-bond acceptors (Lipinski definition) is 7. The highest BCUT2D eigenvalue weighted by Crippen LogP contribution is 2.30. The number of aromatic nitrogens is 3. The lowest BCUT2D eigenvalue weighted by atomic mass is 9.91. The van der Waals surface area contributed by atoms with E-state index < -0.39 is 11.7 Å². The number of fused-ring (bicyclic) bond motifs is 1. The van der Waals surface area contributed by atoms with Crippen LogP contribution in [0.3, 0.4) is 0 Å². The van der Waals surface area contributed by atoms with E-state index in [4.69, 9.17) is 4.74 Å². The minimum Gasteiger partial charge on any atom is -0.438 e. The van der Waals surface area contributed by atoms with E-state index in [0.717, 1.165) is 67.5 Å². The van der Waals surface area contributed by atoms with Crippen LogP contribution in [0.4, 0.5) is 4.39 Å². The van der Waals surface area contributed by atoms with Gasteiger partial charge in [-0.2, -0.15) is 0 Å². The predicted molar refractivity (Wildman–Crippen MR) is 185 cm³/mol. The molecule has 5 aromatic rings. The molecule has 2 aliphatic rings. The maximum atomic E-state index is 14.4. The van der Waals surface area contributed by atoms with Gasteiger partial charge >= 0.3 is 0 Å². The number of halogens is 1. The summed E-state index contributed by atoms with van der Waals surface area (Å²) in [5.41, 5.74) is 5.39. The van der Waals surface area contributed by atoms with Gasteiger partial charge in [0.05, 0.1) is 6.20 Å². The topological polar surface area (TPSA) is 113 Å². The molecule has 2 aromatic carbocycles. The molecule has 252 valence electrons. The molecular weight excluding hydrogens is 621 g/mol. The highest BCUT2D eigenvalue weighted by molar-refractivity contribution is 5.96. The third-order valence-corrected chi connectivity index (χ3v) is 9.31. The third kappa shape index (κ3) is 7.79. The second-order valence-electron chi connectivity index (χ2n) is 12.9. The van der Waals surface area contributed by atoms with Crippen molar-refractivity contribution in [1.29, 1.82) is 0 Å². The minimum atomic E-state index is -0.624. The van der Waals surface area contributed by atoms with Crippen LogP contribution in [0.25, 0.3) is 16.8 Å². The van der Waals surface area contributed by atoms with Crippen LogP contribution in [0.2, 0.25) is 0 Å². The smallest absolute Gasteiger partial charge is 0.271 e. The van der Waals surface area contributed by atoms with Crippen LogP contribution >= 0.6 is 0 Å². The largest absolute Gasteiger partial charge is 0.438 e. The molecular formula is C38H40FN7O3. The number of amides is 2. The Hall–Kier alpha value is -5.13. The molecule has 1 saturated carbocycles. The van der Waals surface area contributed by atoms with Crippen LogP contribution in [0, 0.1) is 12.7 Å². The van der Waals surface area contributed by atoms with Gasteiger partial charge < -0.3 is 25.1 Å². The molecule has 7 rings (SSSR count). The minimum absolute atomic E-state index is 0.0287. The van der Waals surface area contributed by atoms with Crippen molar-refractivity contribution in [1.82, 2.24) is 35.2 Å². The van der Waals surface area contributed by atoms with Crippen molar-refractivity contribution in [2.75, 3.05) is 26.2 Å². The first kappa shape index (κ1) is 32.4. The Kier molecular flexibility index (Phi) is 9.63. The van der Waals surface area contributed by atoms with E-state index >= 15 is 0 Å². The third-order valence-electron chi connectivity index (χ3n) is 9.31. The number of nitrogens with one attached hydrogen (secondary N) is 3. The number of rotatable bonds is 9. The van der Waals surface area contributed by atoms with Gasteiger partial charge in [-0.15, -0.1) is 0 Å². The fraction of sp³-hybridized carbons (Fsp3) is 0.316. The van der Waals surface area contributed by atoms with Gasteiger partial charge in [-0.3, -0.25) is 14.5 Å². The number of carbonyl (C=O) groups is 2. The summed E-state index contributed by atoms with van der Waals surface area (Å²) in [6.45, 7) is 6.92. The molecule has 4 heterocycles. The van der Waals surface area contributed by atoms with Gasteiger partial charge in [-0.25, -0.2) is 14.4 Å². The first-order valence-corrected chi connectivity index (χ1v) is 16.9. The number of benzene rings is 2. The van der Waals surface area contributed by atoms with Gasteiger partial charge in [-0.05, 0) is 85.7 Å². The van der Waals surface area contributed by atoms with E-state index in [2.05, 4.69) is 55.1 Å². The summed E-state index contributed by atoms with van der Waals surface area (Å²) in [5, 5.41) is 9.52. The van der Waals surface area contributed by atoms with E-state index in [1.54, 1.807) is 12.3 Å². The van der Waals surface area contributed by atoms with Gasteiger partial charge in [0.2, 0.25) is 5.88 Å². The van der Waals surface area contributed by atoms with Gasteiger partial charge in [0.15, 0.2) is 0 Å². The molecule has 0 spiro atoms. The summed E-state index contributed by atoms with van der Waals surface area (Å²) in [7, 11) is 0. The van der Waals surface area contributed by atoms with Crippen LogP contribution in [0.15, 0.2) is 85.2 Å². The van der Waals surface area contributed by atoms with Crippen LogP contribution in [0.1, 0.15) is 57.8 Å². The van der Waals surface area contributed by atoms with Crippen molar-refractivity contribution in [2.24, 2.45) is 0 Å². The maximum Gasteiger partial charge on any atom is 0.271 e. The van der Waals surface area contributed by atoms with E-state index in [0.29, 0.717) is 37.1 Å². The standard InChI is InChI=1S/C38H40FN7O3/c1-25-5-2-10-35-44-34(24-46(25)35)37(48)43-31-13-11-30(12-14-31)42-36(47)33-21-29(39)22-41-38(33)49-32-9-4-8-28(20-32)27-7-3-6-26(19-27)23-45-17-15-40-16-18-45/h2-10,19-22,24,30-31,40H,11-18,23H2,1H3,(H,42,47)(H,43,48). The summed E-state index contributed by atoms with van der Waals surface area (Å²) in [6, 6.07) is 22.8. The molecule has 0 atom stereocenters. The van der Waals surface area contributed by atoms with E-state index in [9.17, 15) is 14.0 Å². The molecule has 0 radical (unpaired) electrons. The second kappa shape index (κ2) is 14.6. The van der Waals surface area contributed by atoms with Crippen molar-refractivity contribution in [3.63, 3.8) is 0 Å². The van der Waals surface area contributed by atoms with Gasteiger partial charge in [-0.1, -0.05) is 36.4 Å². The number of carbonyl (C=O) groups excluding carboxylic acids is 2. The molecule has 1 saturated heterocycles. The fourth-order valence-electron chi connectivity index (χ4n) is 6.66. The molecule has 1 aliphatic heterocycles. The summed E-state index contributed by atoms with van der Waals surface area (Å²) in [5.74, 6) is -0.759. The Balaban J connectivity index is 0.969. The molecule has 2 fully saturated rings. The molecule has 1 aliphatic carbocycles. The lowest BCUT2D eigenvalue weighted by molar-refractivity contribution is 0.0888. The maximum absolute atomic E-state index is 14.4. The zero-order valence-electron chi connectivity index (χ0n) is 27.5. The zero-order chi connectivity index (χ0) is 33.7. The number of hydrogen-bond donors (Lipinski definition) is 3. The van der Waals surface area contributed by atoms with Gasteiger partial charge in [0.1, 0.15) is 28.5 Å². The van der Waals surface area contributed by atoms with Crippen LogP contribution in [-0.2, 0) is 6.54 Å². The normalized spacial score (nSPS) is 18.2. The Labute approximate surface area is 284 Å². The van der Waals surface area contributed by atoms with Crippen molar-refractivity contribution >= 4 is 17.5 Å². The zero-order valence-corrected chi connectivity index (χ0v) is 27.5. The van der Waals surface area contributed by atoms with E-state index in [-0.39, 0.29) is 29.4 Å². The SMILES string of the molecule is Cc1cccc2nc(C(=O)NC3CCC(NC(=O)c4cc(F)cnc4Oc4cccc(-c5cccc(CN6CCNCC6)c5)c4)CC3)cn12. The monoisotopic (exact) mass is 661 g/mol. The van der Waals surface area contributed by atoms with Crippen LogP contribution in [-0.4, -0.2) is 69.3 Å². The first-order valence-electron chi connectivity index (χ1n) is 16.9. The number of imidazole rings is 1. The molecule has 0 unspecified atom stereocenters. The quantitative estimate of drug-likeness (QED) is 0.191. The molecule has 10 nitrogen and oxygen atoms in total. The molecule has 3 N–H and O–H groups in total. The molecule has 2 amide bonds. The summed E-state index contributed by atoms with van der Waals surface area (Å²) < 4.78 is 22.4. The number of piperazine rings is 1. The number of nitrogens with zero attached hydrogens (tertiary/aromatic N) is 4. The molecule has 0 bridgehead atoms. The van der Waals surface area contributed by atoms with Gasteiger partial charge in [0.25, 0.3) is 11.8 Å². The number of ether oxygens (including phenoxy) is 1. The molecule has 3 aromatic heterocycles. The Bertz CT molecular complexity index is 1960. The predicted octanol–water partition coefficient (Wildman–Crippen LogP) is 5.51. The van der Waals surface area contributed by atoms with Gasteiger partial charge in [0, 0.05) is 56.7 Å². The first-order chi connectivity index (χ1) is 23.9. The Morgan fingerprint density at radius 1 is 0.898 bits per heavy atom. The van der Waals surface area contributed by atoms with E-state index in [1.807, 2.05) is 47.7 Å². The number of aryl methyl sites for hydroxylation is 1. The van der Waals surface area contributed by atoms with Crippen molar-refractivity contribution in [2.45, 2.75) is 51.2 Å². The van der Waals surface area contributed by atoms with Crippen molar-refractivity contribution in [3.8, 4) is 22.8 Å². The van der Waals surface area contributed by atoms with Crippen LogP contribution < -0.4 is 20.7 Å². The van der Waals surface area contributed by atoms with Crippen molar-refractivity contribution < 1.29 is 18.7 Å². The Morgan fingerprint density at radius 3 is 2.35 bits per heavy atom. The number of pyridine rings is 2. The lowest BCUT2D eigenvalue weighted by Crippen LogP contribution is -2.44. The van der Waals surface area contributed by atoms with Crippen molar-refractivity contribution in [3.05, 3.63) is 114 Å². The summed E-state index contributed by atoms with van der Waals surface area (Å²) in [4.78, 5) is 37.4. The second-order valence-corrected chi connectivity index (χ2v) is 12.9. The lowest BCUT2D eigenvalue weighted by Gasteiger charge is -2.29. The summed E-state index contributed by atoms with van der Waals surface area (Å²) >= 11 is 0. The highest BCUT2D eigenvalue weighted by atomic mass is 19.1. The molecule has 11 heteroatoms. The van der Waals surface area contributed by atoms with E-state index in [1.165, 1.54) is 5.56 Å². The van der Waals surface area contributed by atoms with Crippen LogP contribution in [0.5, 0.6) is 11.6 Å². The highest BCUT2D eigenvalue weighted by Gasteiger charge is 2.26. The Morgan fingerprint density at radius 2 is 1.59 bits per heavy atom. The summed E-state index contributed by atoms with van der Waals surface area (Å²) in [6.07, 6.45) is 5.51. The average Bonchev–Trinajstić information content (AvgIpc) is 3.57. The fourth-order valence-corrected chi connectivity index (χ4v) is 6.66. The molecule has 49 heavy (non-hydrogen) atoms.